The largest absolute Gasteiger partial charge is 0.497 e. The first-order valence-electron chi connectivity index (χ1n) is 12.1. The van der Waals surface area contributed by atoms with E-state index in [9.17, 15) is 0 Å². The average Bonchev–Trinajstić information content (AvgIpc) is 2.82. The summed E-state index contributed by atoms with van der Waals surface area (Å²) in [4.78, 5) is 4.93. The summed E-state index contributed by atoms with van der Waals surface area (Å²) >= 11 is 0. The van der Waals surface area contributed by atoms with E-state index in [1.54, 1.807) is 7.11 Å². The number of aliphatic hydroxyl groups excluding tert-OH is 1. The summed E-state index contributed by atoms with van der Waals surface area (Å²) in [6.07, 6.45) is 4.45. The Kier molecular flexibility index (Phi) is 8.06. The summed E-state index contributed by atoms with van der Waals surface area (Å²) in [6.45, 7) is 6.48. The van der Waals surface area contributed by atoms with Crippen LogP contribution >= 0.6 is 0 Å². The molecule has 2 aromatic carbocycles. The second-order valence-corrected chi connectivity index (χ2v) is 9.38. The van der Waals surface area contributed by atoms with Crippen LogP contribution in [-0.2, 0) is 6.54 Å². The molecule has 5 nitrogen and oxygen atoms in total. The number of hydrogen-bond donors (Lipinski definition) is 1. The zero-order valence-corrected chi connectivity index (χ0v) is 19.6. The molecule has 1 N–H and O–H groups in total. The van der Waals surface area contributed by atoms with Crippen molar-refractivity contribution in [2.24, 2.45) is 5.92 Å². The topological polar surface area (TPSA) is 45.2 Å². The molecule has 2 heterocycles. The summed E-state index contributed by atoms with van der Waals surface area (Å²) in [7, 11) is 3.90. The Hall–Kier alpha value is -2.08. The van der Waals surface area contributed by atoms with E-state index < -0.39 is 0 Å². The first-order valence-corrected chi connectivity index (χ1v) is 12.1. The standard InChI is InChI=1S/C27H38N2O3/c1-28-19-23-18-25(32-17-3-13-29-14-10-21(11-15-29)12-16-30)8-9-26(23)27(20-28)22-4-6-24(31-2)7-5-22/h4-9,18,21,27,30H,3,10-17,19-20H2,1-2H3. The Labute approximate surface area is 192 Å². The van der Waals surface area contributed by atoms with Gasteiger partial charge in [0.2, 0.25) is 0 Å². The normalized spacial score (nSPS) is 20.2. The predicted molar refractivity (Wildman–Crippen MR) is 129 cm³/mol. The molecule has 174 valence electrons. The Morgan fingerprint density at radius 3 is 2.50 bits per heavy atom. The highest BCUT2D eigenvalue weighted by Gasteiger charge is 2.25. The van der Waals surface area contributed by atoms with Gasteiger partial charge in [-0.15, -0.1) is 0 Å². The van der Waals surface area contributed by atoms with Gasteiger partial charge in [-0.25, -0.2) is 0 Å². The minimum absolute atomic E-state index is 0.329. The monoisotopic (exact) mass is 438 g/mol. The van der Waals surface area contributed by atoms with E-state index >= 15 is 0 Å². The molecule has 0 amide bonds. The first-order chi connectivity index (χ1) is 15.7. The fraction of sp³-hybridized carbons (Fsp3) is 0.556. The number of aliphatic hydroxyl groups is 1. The molecule has 0 aliphatic carbocycles. The highest BCUT2D eigenvalue weighted by atomic mass is 16.5. The predicted octanol–water partition coefficient (Wildman–Crippen LogP) is 4.14. The lowest BCUT2D eigenvalue weighted by Gasteiger charge is -2.33. The maximum atomic E-state index is 9.11. The lowest BCUT2D eigenvalue weighted by molar-refractivity contribution is 0.150. The fourth-order valence-electron chi connectivity index (χ4n) is 5.19. The molecule has 2 aliphatic heterocycles. The van der Waals surface area contributed by atoms with Gasteiger partial charge < -0.3 is 24.4 Å². The highest BCUT2D eigenvalue weighted by Crippen LogP contribution is 2.35. The molecule has 5 heteroatoms. The fourth-order valence-corrected chi connectivity index (χ4v) is 5.19. The van der Waals surface area contributed by atoms with Gasteiger partial charge in [0.25, 0.3) is 0 Å². The van der Waals surface area contributed by atoms with Crippen molar-refractivity contribution in [1.82, 2.24) is 9.80 Å². The maximum absolute atomic E-state index is 9.11. The van der Waals surface area contributed by atoms with Gasteiger partial charge in [0.15, 0.2) is 0 Å². The van der Waals surface area contributed by atoms with Gasteiger partial charge in [0.1, 0.15) is 11.5 Å². The summed E-state index contributed by atoms with van der Waals surface area (Å²) in [5.41, 5.74) is 4.10. The van der Waals surface area contributed by atoms with E-state index in [-0.39, 0.29) is 0 Å². The smallest absolute Gasteiger partial charge is 0.119 e. The van der Waals surface area contributed by atoms with Gasteiger partial charge in [-0.1, -0.05) is 18.2 Å². The molecule has 32 heavy (non-hydrogen) atoms. The highest BCUT2D eigenvalue weighted by molar-refractivity contribution is 5.45. The van der Waals surface area contributed by atoms with Crippen LogP contribution in [-0.4, -0.2) is 68.5 Å². The lowest BCUT2D eigenvalue weighted by Crippen LogP contribution is -2.35. The molecule has 2 aromatic rings. The Balaban J connectivity index is 1.30. The number of nitrogens with zero attached hydrogens (tertiary/aromatic N) is 2. The van der Waals surface area contributed by atoms with Crippen LogP contribution in [0.1, 0.15) is 48.3 Å². The molecule has 2 aliphatic rings. The molecule has 0 saturated carbocycles. The number of hydrogen-bond acceptors (Lipinski definition) is 5. The van der Waals surface area contributed by atoms with E-state index in [1.165, 1.54) is 29.5 Å². The number of ether oxygens (including phenoxy) is 2. The summed E-state index contributed by atoms with van der Waals surface area (Å²) in [5, 5.41) is 9.11. The van der Waals surface area contributed by atoms with Crippen LogP contribution in [0.5, 0.6) is 11.5 Å². The summed E-state index contributed by atoms with van der Waals surface area (Å²) < 4.78 is 11.5. The Morgan fingerprint density at radius 2 is 1.78 bits per heavy atom. The minimum atomic E-state index is 0.329. The van der Waals surface area contributed by atoms with E-state index in [2.05, 4.69) is 59.3 Å². The SMILES string of the molecule is COc1ccc(C2CN(C)Cc3cc(OCCCN4CCC(CCO)CC4)ccc32)cc1. The van der Waals surface area contributed by atoms with E-state index in [0.29, 0.717) is 18.4 Å². The molecular weight excluding hydrogens is 400 g/mol. The van der Waals surface area contributed by atoms with Crippen molar-refractivity contribution in [2.45, 2.75) is 38.1 Å². The zero-order chi connectivity index (χ0) is 22.3. The van der Waals surface area contributed by atoms with Crippen molar-refractivity contribution in [3.8, 4) is 11.5 Å². The molecule has 1 atom stereocenters. The molecule has 0 spiro atoms. The van der Waals surface area contributed by atoms with Crippen molar-refractivity contribution in [3.63, 3.8) is 0 Å². The van der Waals surface area contributed by atoms with Gasteiger partial charge in [0.05, 0.1) is 13.7 Å². The summed E-state index contributed by atoms with van der Waals surface area (Å²) in [6, 6.07) is 15.1. The van der Waals surface area contributed by atoms with E-state index in [4.69, 9.17) is 14.6 Å². The van der Waals surface area contributed by atoms with Crippen LogP contribution in [0.15, 0.2) is 42.5 Å². The number of fused-ring (bicyclic) bond motifs is 1. The average molecular weight is 439 g/mol. The van der Waals surface area contributed by atoms with Crippen LogP contribution < -0.4 is 9.47 Å². The lowest BCUT2D eigenvalue weighted by atomic mass is 9.84. The number of rotatable bonds is 9. The quantitative estimate of drug-likeness (QED) is 0.597. The van der Waals surface area contributed by atoms with E-state index in [1.807, 2.05) is 0 Å². The van der Waals surface area contributed by atoms with Crippen molar-refractivity contribution < 1.29 is 14.6 Å². The van der Waals surface area contributed by atoms with Crippen molar-refractivity contribution >= 4 is 0 Å². The third kappa shape index (κ3) is 5.83. The first kappa shape index (κ1) is 23.1. The molecule has 1 saturated heterocycles. The maximum Gasteiger partial charge on any atom is 0.119 e. The van der Waals surface area contributed by atoms with Crippen molar-refractivity contribution in [1.29, 1.82) is 0 Å². The molecule has 0 radical (unpaired) electrons. The van der Waals surface area contributed by atoms with Crippen LogP contribution in [0, 0.1) is 5.92 Å². The van der Waals surface area contributed by atoms with Crippen molar-refractivity contribution in [2.75, 3.05) is 53.6 Å². The molecule has 1 fully saturated rings. The van der Waals surface area contributed by atoms with Gasteiger partial charge >= 0.3 is 0 Å². The molecule has 0 bridgehead atoms. The number of piperidine rings is 1. The van der Waals surface area contributed by atoms with Crippen LogP contribution in [0.25, 0.3) is 0 Å². The Bertz CT molecular complexity index is 846. The molecule has 1 unspecified atom stereocenters. The number of likely N-dealkylation sites (tertiary alicyclic amines) is 1. The van der Waals surface area contributed by atoms with Crippen LogP contribution in [0.4, 0.5) is 0 Å². The van der Waals surface area contributed by atoms with Gasteiger partial charge in [0, 0.05) is 32.2 Å². The minimum Gasteiger partial charge on any atom is -0.497 e. The van der Waals surface area contributed by atoms with E-state index in [0.717, 1.165) is 63.7 Å². The number of likely N-dealkylation sites (N-methyl/N-ethyl adjacent to an activating group) is 1. The van der Waals surface area contributed by atoms with Crippen molar-refractivity contribution in [3.05, 3.63) is 59.2 Å². The number of benzene rings is 2. The van der Waals surface area contributed by atoms with Crippen LogP contribution in [0.2, 0.25) is 0 Å². The van der Waals surface area contributed by atoms with Gasteiger partial charge in [-0.3, -0.25) is 0 Å². The third-order valence-electron chi connectivity index (χ3n) is 7.07. The third-order valence-corrected chi connectivity index (χ3v) is 7.07. The molecule has 0 aromatic heterocycles. The number of methoxy groups -OCH3 is 1. The molecular formula is C27H38N2O3. The second-order valence-electron chi connectivity index (χ2n) is 9.38. The zero-order valence-electron chi connectivity index (χ0n) is 19.6. The van der Waals surface area contributed by atoms with Gasteiger partial charge in [-0.2, -0.15) is 0 Å². The second kappa shape index (κ2) is 11.2. The summed E-state index contributed by atoms with van der Waals surface area (Å²) in [5.74, 6) is 2.96. The molecule has 4 rings (SSSR count). The van der Waals surface area contributed by atoms with Gasteiger partial charge in [-0.05, 0) is 92.7 Å². The van der Waals surface area contributed by atoms with Crippen LogP contribution in [0.3, 0.4) is 0 Å². The Morgan fingerprint density at radius 1 is 1.03 bits per heavy atom.